The van der Waals surface area contributed by atoms with Gasteiger partial charge in [-0.25, -0.2) is 9.80 Å². The van der Waals surface area contributed by atoms with Gasteiger partial charge in [-0.15, -0.1) is 11.8 Å². The number of hydrazine groups is 1. The van der Waals surface area contributed by atoms with E-state index >= 15 is 0 Å². The van der Waals surface area contributed by atoms with Gasteiger partial charge in [-0.1, -0.05) is 42.5 Å². The minimum atomic E-state index is -0.545. The summed E-state index contributed by atoms with van der Waals surface area (Å²) in [5.41, 5.74) is 0.923. The summed E-state index contributed by atoms with van der Waals surface area (Å²) in [7, 11) is 0. The Balaban J connectivity index is 1.82. The summed E-state index contributed by atoms with van der Waals surface area (Å²) in [4.78, 5) is 36.2. The van der Waals surface area contributed by atoms with Crippen LogP contribution in [0.5, 0.6) is 0 Å². The van der Waals surface area contributed by atoms with Gasteiger partial charge in [0.15, 0.2) is 0 Å². The SMILES string of the molecule is O=C1CNC(=O)N1N1C(=O)CSC1c1cccc2ccccc12. The van der Waals surface area contributed by atoms with E-state index in [0.717, 1.165) is 21.3 Å². The average Bonchev–Trinajstić information content (AvgIpc) is 3.09. The molecule has 4 rings (SSSR count). The molecule has 2 saturated heterocycles. The zero-order valence-electron chi connectivity index (χ0n) is 12.1. The molecule has 0 bridgehead atoms. The summed E-state index contributed by atoms with van der Waals surface area (Å²) in [6.07, 6.45) is 0. The van der Waals surface area contributed by atoms with Crippen molar-refractivity contribution >= 4 is 40.4 Å². The number of hydrogen-bond donors (Lipinski definition) is 1. The number of nitrogens with one attached hydrogen (secondary N) is 1. The molecule has 1 atom stereocenters. The van der Waals surface area contributed by atoms with Crippen molar-refractivity contribution in [1.29, 1.82) is 0 Å². The van der Waals surface area contributed by atoms with Crippen molar-refractivity contribution in [3.63, 3.8) is 0 Å². The van der Waals surface area contributed by atoms with Gasteiger partial charge in [-0.2, -0.15) is 5.01 Å². The molecule has 0 spiro atoms. The zero-order chi connectivity index (χ0) is 16.0. The standard InChI is InChI=1S/C16H13N3O3S/c20-13-8-17-16(22)19(13)18-14(21)9-23-15(18)12-7-3-5-10-4-1-2-6-11(10)12/h1-7,15H,8-9H2,(H,17,22). The molecule has 0 aromatic heterocycles. The zero-order valence-corrected chi connectivity index (χ0v) is 12.9. The summed E-state index contributed by atoms with van der Waals surface area (Å²) in [5.74, 6) is -0.403. The maximum absolute atomic E-state index is 12.3. The van der Waals surface area contributed by atoms with Gasteiger partial charge in [0, 0.05) is 0 Å². The van der Waals surface area contributed by atoms with Crippen molar-refractivity contribution in [3.8, 4) is 0 Å². The van der Waals surface area contributed by atoms with Gasteiger partial charge in [0.25, 0.3) is 11.8 Å². The monoisotopic (exact) mass is 327 g/mol. The lowest BCUT2D eigenvalue weighted by molar-refractivity contribution is -0.152. The molecule has 1 unspecified atom stereocenters. The molecule has 2 heterocycles. The molecular formula is C16H13N3O3S. The number of amides is 4. The van der Waals surface area contributed by atoms with E-state index in [2.05, 4.69) is 5.32 Å². The van der Waals surface area contributed by atoms with Crippen LogP contribution in [-0.2, 0) is 9.59 Å². The van der Waals surface area contributed by atoms with E-state index < -0.39 is 11.9 Å². The first-order valence-electron chi connectivity index (χ1n) is 7.19. The second-order valence-electron chi connectivity index (χ2n) is 5.33. The van der Waals surface area contributed by atoms with Gasteiger partial charge in [-0.3, -0.25) is 9.59 Å². The van der Waals surface area contributed by atoms with Gasteiger partial charge in [-0.05, 0) is 16.3 Å². The fourth-order valence-corrected chi connectivity index (χ4v) is 4.12. The number of fused-ring (bicyclic) bond motifs is 1. The minimum absolute atomic E-state index is 0.0739. The lowest BCUT2D eigenvalue weighted by atomic mass is 10.0. The van der Waals surface area contributed by atoms with Crippen molar-refractivity contribution in [3.05, 3.63) is 48.0 Å². The highest BCUT2D eigenvalue weighted by Gasteiger charge is 2.45. The first kappa shape index (κ1) is 14.1. The van der Waals surface area contributed by atoms with Crippen LogP contribution in [0.3, 0.4) is 0 Å². The van der Waals surface area contributed by atoms with Crippen molar-refractivity contribution in [2.75, 3.05) is 12.3 Å². The van der Waals surface area contributed by atoms with Crippen LogP contribution in [-0.4, -0.2) is 40.2 Å². The van der Waals surface area contributed by atoms with Crippen LogP contribution in [0.2, 0.25) is 0 Å². The van der Waals surface area contributed by atoms with Crippen molar-refractivity contribution in [1.82, 2.24) is 15.3 Å². The van der Waals surface area contributed by atoms with E-state index in [4.69, 9.17) is 0 Å². The number of rotatable bonds is 2. The van der Waals surface area contributed by atoms with Crippen LogP contribution in [0.25, 0.3) is 10.8 Å². The predicted octanol–water partition coefficient (Wildman–Crippen LogP) is 1.88. The predicted molar refractivity (Wildman–Crippen MR) is 86.2 cm³/mol. The largest absolute Gasteiger partial charge is 0.344 e. The smallest absolute Gasteiger partial charge is 0.327 e. The Morgan fingerprint density at radius 1 is 1.00 bits per heavy atom. The Hall–Kier alpha value is -2.54. The van der Waals surface area contributed by atoms with Crippen molar-refractivity contribution in [2.24, 2.45) is 0 Å². The molecule has 116 valence electrons. The van der Waals surface area contributed by atoms with Crippen LogP contribution in [0, 0.1) is 0 Å². The molecule has 4 amide bonds. The molecule has 23 heavy (non-hydrogen) atoms. The number of carbonyl (C=O) groups excluding carboxylic acids is 3. The second-order valence-corrected chi connectivity index (χ2v) is 6.40. The first-order valence-corrected chi connectivity index (χ1v) is 8.24. The number of imide groups is 1. The molecule has 1 N–H and O–H groups in total. The minimum Gasteiger partial charge on any atom is -0.327 e. The Bertz CT molecular complexity index is 817. The molecule has 2 fully saturated rings. The number of urea groups is 1. The van der Waals surface area contributed by atoms with E-state index in [9.17, 15) is 14.4 Å². The van der Waals surface area contributed by atoms with Gasteiger partial charge in [0.05, 0.1) is 5.75 Å². The Morgan fingerprint density at radius 2 is 1.78 bits per heavy atom. The highest BCUT2D eigenvalue weighted by atomic mass is 32.2. The topological polar surface area (TPSA) is 69.7 Å². The van der Waals surface area contributed by atoms with Crippen LogP contribution in [0.1, 0.15) is 10.9 Å². The van der Waals surface area contributed by atoms with Gasteiger partial charge >= 0.3 is 6.03 Å². The van der Waals surface area contributed by atoms with Crippen molar-refractivity contribution in [2.45, 2.75) is 5.37 Å². The fraction of sp³-hybridized carbons (Fsp3) is 0.188. The molecule has 2 aliphatic heterocycles. The number of hydrogen-bond acceptors (Lipinski definition) is 4. The second kappa shape index (κ2) is 5.27. The summed E-state index contributed by atoms with van der Waals surface area (Å²) < 4.78 is 0. The van der Waals surface area contributed by atoms with E-state index in [1.54, 1.807) is 0 Å². The van der Waals surface area contributed by atoms with Crippen LogP contribution >= 0.6 is 11.8 Å². The van der Waals surface area contributed by atoms with Gasteiger partial charge in [0.2, 0.25) is 0 Å². The summed E-state index contributed by atoms with van der Waals surface area (Å²) in [6.45, 7) is -0.0739. The quantitative estimate of drug-likeness (QED) is 0.855. The number of thioether (sulfide) groups is 1. The third-order valence-corrected chi connectivity index (χ3v) is 5.15. The van der Waals surface area contributed by atoms with Crippen molar-refractivity contribution < 1.29 is 14.4 Å². The molecule has 2 aromatic carbocycles. The fourth-order valence-electron chi connectivity index (χ4n) is 2.95. The van der Waals surface area contributed by atoms with E-state index in [-0.39, 0.29) is 23.6 Å². The van der Waals surface area contributed by atoms with Gasteiger partial charge in [0.1, 0.15) is 11.9 Å². The molecule has 7 heteroatoms. The highest BCUT2D eigenvalue weighted by Crippen LogP contribution is 2.42. The van der Waals surface area contributed by atoms with E-state index in [0.29, 0.717) is 0 Å². The van der Waals surface area contributed by atoms with E-state index in [1.807, 2.05) is 42.5 Å². The number of benzene rings is 2. The molecule has 2 aromatic rings. The lowest BCUT2D eigenvalue weighted by Gasteiger charge is -2.30. The molecule has 0 radical (unpaired) electrons. The Labute approximate surface area is 136 Å². The normalized spacial score (nSPS) is 21.4. The maximum Gasteiger partial charge on any atom is 0.344 e. The third-order valence-electron chi connectivity index (χ3n) is 3.97. The molecular weight excluding hydrogens is 314 g/mol. The number of carbonyl (C=O) groups is 3. The summed E-state index contributed by atoms with van der Waals surface area (Å²) >= 11 is 1.42. The molecule has 2 aliphatic rings. The Kier molecular flexibility index (Phi) is 3.23. The summed E-state index contributed by atoms with van der Waals surface area (Å²) in [5, 5.41) is 6.37. The van der Waals surface area contributed by atoms with E-state index in [1.165, 1.54) is 16.8 Å². The average molecular weight is 327 g/mol. The highest BCUT2D eigenvalue weighted by molar-refractivity contribution is 8.00. The third kappa shape index (κ3) is 2.16. The summed E-state index contributed by atoms with van der Waals surface area (Å²) in [6, 6.07) is 13.2. The lowest BCUT2D eigenvalue weighted by Crippen LogP contribution is -2.48. The molecule has 0 aliphatic carbocycles. The molecule has 0 saturated carbocycles. The van der Waals surface area contributed by atoms with Crippen LogP contribution < -0.4 is 5.32 Å². The van der Waals surface area contributed by atoms with Crippen LogP contribution in [0.15, 0.2) is 42.5 Å². The first-order chi connectivity index (χ1) is 11.2. The number of nitrogens with zero attached hydrogens (tertiary/aromatic N) is 2. The Morgan fingerprint density at radius 3 is 2.57 bits per heavy atom. The van der Waals surface area contributed by atoms with Crippen LogP contribution in [0.4, 0.5) is 4.79 Å². The van der Waals surface area contributed by atoms with Gasteiger partial charge < -0.3 is 5.32 Å². The maximum atomic E-state index is 12.3. The molecule has 6 nitrogen and oxygen atoms in total.